The van der Waals surface area contributed by atoms with Gasteiger partial charge in [-0.25, -0.2) is 0 Å². The lowest BCUT2D eigenvalue weighted by Crippen LogP contribution is -2.13. The molecule has 23 heavy (non-hydrogen) atoms. The summed E-state index contributed by atoms with van der Waals surface area (Å²) in [5.74, 6) is 0.246. The van der Waals surface area contributed by atoms with Gasteiger partial charge in [-0.05, 0) is 24.3 Å². The molecule has 0 atom stereocenters. The van der Waals surface area contributed by atoms with Gasteiger partial charge in [0.15, 0.2) is 0 Å². The Morgan fingerprint density at radius 3 is 2.57 bits per heavy atom. The van der Waals surface area contributed by atoms with Gasteiger partial charge < -0.3 is 0 Å². The number of aromatic nitrogens is 2. The van der Waals surface area contributed by atoms with Gasteiger partial charge in [-0.15, -0.1) is 22.0 Å². The molecule has 1 aromatic heterocycles. The maximum Gasteiger partial charge on any atom is 0.236 e. The molecule has 7 heteroatoms. The van der Waals surface area contributed by atoms with Crippen LogP contribution >= 0.6 is 39.0 Å². The largest absolute Gasteiger partial charge is 0.300 e. The normalized spacial score (nSPS) is 10.5. The molecule has 4 nitrogen and oxygen atoms in total. The molecule has 3 rings (SSSR count). The zero-order valence-corrected chi connectivity index (χ0v) is 15.1. The zero-order chi connectivity index (χ0) is 16.1. The summed E-state index contributed by atoms with van der Waals surface area (Å²) >= 11 is 6.24. The summed E-state index contributed by atoms with van der Waals surface area (Å²) in [5, 5.41) is 12.2. The van der Waals surface area contributed by atoms with Crippen molar-refractivity contribution in [3.05, 3.63) is 59.1 Å². The van der Waals surface area contributed by atoms with Crippen LogP contribution in [0.1, 0.15) is 0 Å². The molecule has 0 aliphatic rings. The van der Waals surface area contributed by atoms with Crippen molar-refractivity contribution in [1.82, 2.24) is 10.2 Å². The Morgan fingerprint density at radius 2 is 1.83 bits per heavy atom. The van der Waals surface area contributed by atoms with Crippen molar-refractivity contribution in [1.29, 1.82) is 0 Å². The predicted octanol–water partition coefficient (Wildman–Crippen LogP) is 4.70. The van der Waals surface area contributed by atoms with E-state index in [2.05, 4.69) is 31.4 Å². The first-order valence-corrected chi connectivity index (χ1v) is 9.37. The molecule has 1 heterocycles. The smallest absolute Gasteiger partial charge is 0.236 e. The number of nitrogens with one attached hydrogen (secondary N) is 1. The van der Waals surface area contributed by atoms with Crippen LogP contribution in [0.25, 0.3) is 10.6 Å². The van der Waals surface area contributed by atoms with Gasteiger partial charge in [0.25, 0.3) is 0 Å². The summed E-state index contributed by atoms with van der Waals surface area (Å²) in [6, 6.07) is 17.6. The minimum Gasteiger partial charge on any atom is -0.300 e. The number of carbonyl (C=O) groups is 1. The number of benzene rings is 2. The van der Waals surface area contributed by atoms with Crippen molar-refractivity contribution in [2.75, 3.05) is 11.1 Å². The molecule has 0 radical (unpaired) electrons. The first kappa shape index (κ1) is 16.2. The summed E-state index contributed by atoms with van der Waals surface area (Å²) in [5.41, 5.74) is 0.995. The highest BCUT2D eigenvalue weighted by molar-refractivity contribution is 9.10. The van der Waals surface area contributed by atoms with Gasteiger partial charge in [-0.2, -0.15) is 0 Å². The Kier molecular flexibility index (Phi) is 5.43. The maximum absolute atomic E-state index is 12.0. The molecule has 3 aromatic rings. The van der Waals surface area contributed by atoms with E-state index in [9.17, 15) is 4.79 Å². The van der Waals surface area contributed by atoms with Gasteiger partial charge in [-0.1, -0.05) is 57.6 Å². The molecule has 0 saturated carbocycles. The average molecular weight is 406 g/mol. The molecule has 0 aliphatic heterocycles. The van der Waals surface area contributed by atoms with Gasteiger partial charge in [0.1, 0.15) is 5.01 Å². The molecular formula is C16H12BrN3OS2. The number of hydrogen-bond acceptors (Lipinski definition) is 5. The maximum atomic E-state index is 12.0. The van der Waals surface area contributed by atoms with Gasteiger partial charge in [0, 0.05) is 14.9 Å². The molecule has 1 N–H and O–H groups in total. The predicted molar refractivity (Wildman–Crippen MR) is 98.8 cm³/mol. The van der Waals surface area contributed by atoms with Gasteiger partial charge in [0.2, 0.25) is 11.0 Å². The fourth-order valence-electron chi connectivity index (χ4n) is 1.81. The Morgan fingerprint density at radius 1 is 1.09 bits per heavy atom. The topological polar surface area (TPSA) is 54.9 Å². The van der Waals surface area contributed by atoms with Crippen LogP contribution in [0.5, 0.6) is 0 Å². The number of anilines is 1. The lowest BCUT2D eigenvalue weighted by molar-refractivity contribution is -0.113. The van der Waals surface area contributed by atoms with Crippen LogP contribution in [-0.2, 0) is 4.79 Å². The monoisotopic (exact) mass is 405 g/mol. The Balaban J connectivity index is 1.56. The lowest BCUT2D eigenvalue weighted by atomic mass is 10.2. The van der Waals surface area contributed by atoms with E-state index in [1.807, 2.05) is 54.6 Å². The summed E-state index contributed by atoms with van der Waals surface area (Å²) in [6.45, 7) is 0. The highest BCUT2D eigenvalue weighted by Gasteiger charge is 2.09. The van der Waals surface area contributed by atoms with Crippen molar-refractivity contribution in [2.45, 2.75) is 4.90 Å². The van der Waals surface area contributed by atoms with E-state index in [0.717, 1.165) is 19.9 Å². The third kappa shape index (κ3) is 4.63. The van der Waals surface area contributed by atoms with Gasteiger partial charge >= 0.3 is 0 Å². The molecular weight excluding hydrogens is 394 g/mol. The summed E-state index contributed by atoms with van der Waals surface area (Å²) in [6.07, 6.45) is 0. The van der Waals surface area contributed by atoms with E-state index < -0.39 is 0 Å². The third-order valence-electron chi connectivity index (χ3n) is 2.88. The van der Waals surface area contributed by atoms with Crippen LogP contribution in [0, 0.1) is 0 Å². The van der Waals surface area contributed by atoms with E-state index >= 15 is 0 Å². The SMILES string of the molecule is O=C(CSc1ccc(Br)cc1)Nc1nnc(-c2ccccc2)s1. The summed E-state index contributed by atoms with van der Waals surface area (Å²) in [4.78, 5) is 13.0. The Labute approximate surface area is 150 Å². The number of amides is 1. The molecule has 0 spiro atoms. The Bertz CT molecular complexity index is 791. The van der Waals surface area contributed by atoms with Crippen molar-refractivity contribution in [3.8, 4) is 10.6 Å². The summed E-state index contributed by atoms with van der Waals surface area (Å²) in [7, 11) is 0. The fourth-order valence-corrected chi connectivity index (χ4v) is 3.53. The quantitative estimate of drug-likeness (QED) is 0.625. The first-order chi connectivity index (χ1) is 11.2. The highest BCUT2D eigenvalue weighted by atomic mass is 79.9. The molecule has 0 bridgehead atoms. The molecule has 0 saturated heterocycles. The van der Waals surface area contributed by atoms with Crippen LogP contribution < -0.4 is 5.32 Å². The zero-order valence-electron chi connectivity index (χ0n) is 11.9. The second-order valence-corrected chi connectivity index (χ2v) is 7.51. The number of nitrogens with zero attached hydrogens (tertiary/aromatic N) is 2. The fraction of sp³-hybridized carbons (Fsp3) is 0.0625. The van der Waals surface area contributed by atoms with Crippen molar-refractivity contribution < 1.29 is 4.79 Å². The van der Waals surface area contributed by atoms with E-state index in [1.165, 1.54) is 23.1 Å². The summed E-state index contributed by atoms with van der Waals surface area (Å²) < 4.78 is 1.02. The number of halogens is 1. The third-order valence-corrected chi connectivity index (χ3v) is 5.30. The van der Waals surface area contributed by atoms with Crippen LogP contribution in [0.2, 0.25) is 0 Å². The molecule has 0 unspecified atom stereocenters. The molecule has 0 aliphatic carbocycles. The number of thioether (sulfide) groups is 1. The molecule has 116 valence electrons. The number of carbonyl (C=O) groups excluding carboxylic acids is 1. The van der Waals surface area contributed by atoms with Crippen molar-refractivity contribution in [3.63, 3.8) is 0 Å². The highest BCUT2D eigenvalue weighted by Crippen LogP contribution is 2.26. The van der Waals surface area contributed by atoms with Gasteiger partial charge in [-0.3, -0.25) is 10.1 Å². The number of hydrogen-bond donors (Lipinski definition) is 1. The second-order valence-electron chi connectivity index (χ2n) is 4.57. The number of rotatable bonds is 5. The minimum atomic E-state index is -0.0892. The van der Waals surface area contributed by atoms with E-state index in [1.54, 1.807) is 0 Å². The van der Waals surface area contributed by atoms with Crippen molar-refractivity contribution in [2.24, 2.45) is 0 Å². The molecule has 2 aromatic carbocycles. The second kappa shape index (κ2) is 7.72. The average Bonchev–Trinajstić information content (AvgIpc) is 3.04. The lowest BCUT2D eigenvalue weighted by Gasteiger charge is -2.02. The van der Waals surface area contributed by atoms with E-state index in [-0.39, 0.29) is 5.91 Å². The van der Waals surface area contributed by atoms with Crippen LogP contribution in [-0.4, -0.2) is 21.9 Å². The first-order valence-electron chi connectivity index (χ1n) is 6.78. The van der Waals surface area contributed by atoms with Crippen LogP contribution in [0.4, 0.5) is 5.13 Å². The van der Waals surface area contributed by atoms with Crippen molar-refractivity contribution >= 4 is 50.1 Å². The van der Waals surface area contributed by atoms with E-state index in [0.29, 0.717) is 10.9 Å². The minimum absolute atomic E-state index is 0.0892. The van der Waals surface area contributed by atoms with Crippen LogP contribution in [0.15, 0.2) is 64.0 Å². The van der Waals surface area contributed by atoms with Crippen LogP contribution in [0.3, 0.4) is 0 Å². The van der Waals surface area contributed by atoms with E-state index in [4.69, 9.17) is 0 Å². The van der Waals surface area contributed by atoms with Gasteiger partial charge in [0.05, 0.1) is 5.75 Å². The molecule has 0 fully saturated rings. The standard InChI is InChI=1S/C16H12BrN3OS2/c17-12-6-8-13(9-7-12)22-10-14(21)18-16-20-19-15(23-16)11-4-2-1-3-5-11/h1-9H,10H2,(H,18,20,21). The Hall–Kier alpha value is -1.70. The molecule has 1 amide bonds.